The van der Waals surface area contributed by atoms with E-state index in [-0.39, 0.29) is 5.92 Å². The van der Waals surface area contributed by atoms with Crippen molar-refractivity contribution in [2.75, 3.05) is 14.2 Å². The fourth-order valence-corrected chi connectivity index (χ4v) is 1.45. The molecule has 0 aliphatic rings. The maximum atomic E-state index is 10.9. The topological polar surface area (TPSA) is 35.5 Å². The zero-order valence-corrected chi connectivity index (χ0v) is 10.7. The van der Waals surface area contributed by atoms with Gasteiger partial charge in [0.05, 0.1) is 14.2 Å². The fraction of sp³-hybridized carbons (Fsp3) is 0.357. The van der Waals surface area contributed by atoms with Gasteiger partial charge >= 0.3 is 0 Å². The standard InChI is InChI=1S/C14H18O3/c1-10(2)12(9-15)7-11-5-6-13(16-3)8-14(11)17-4/h5-10H,1-4H3. The molecule has 92 valence electrons. The molecule has 1 rings (SSSR count). The Labute approximate surface area is 102 Å². The third-order valence-corrected chi connectivity index (χ3v) is 2.57. The van der Waals surface area contributed by atoms with E-state index in [0.717, 1.165) is 23.2 Å². The lowest BCUT2D eigenvalue weighted by Gasteiger charge is -2.09. The van der Waals surface area contributed by atoms with E-state index in [2.05, 4.69) is 0 Å². The molecule has 0 N–H and O–H groups in total. The fourth-order valence-electron chi connectivity index (χ4n) is 1.45. The molecule has 0 radical (unpaired) electrons. The van der Waals surface area contributed by atoms with Crippen LogP contribution in [0.15, 0.2) is 23.8 Å². The highest BCUT2D eigenvalue weighted by Crippen LogP contribution is 2.27. The second kappa shape index (κ2) is 6.09. The summed E-state index contributed by atoms with van der Waals surface area (Å²) in [5, 5.41) is 0. The Hall–Kier alpha value is -1.77. The van der Waals surface area contributed by atoms with Crippen LogP contribution in [0.5, 0.6) is 11.5 Å². The van der Waals surface area contributed by atoms with E-state index in [1.807, 2.05) is 32.1 Å². The molecule has 0 saturated heterocycles. The molecule has 17 heavy (non-hydrogen) atoms. The lowest BCUT2D eigenvalue weighted by molar-refractivity contribution is -0.105. The van der Waals surface area contributed by atoms with Crippen LogP contribution in [0.3, 0.4) is 0 Å². The van der Waals surface area contributed by atoms with Crippen LogP contribution in [0.4, 0.5) is 0 Å². The zero-order valence-electron chi connectivity index (χ0n) is 10.7. The molecule has 0 aliphatic carbocycles. The minimum Gasteiger partial charge on any atom is -0.497 e. The maximum Gasteiger partial charge on any atom is 0.146 e. The maximum absolute atomic E-state index is 10.9. The first-order valence-electron chi connectivity index (χ1n) is 5.51. The highest BCUT2D eigenvalue weighted by Gasteiger charge is 2.06. The zero-order chi connectivity index (χ0) is 12.8. The number of ether oxygens (including phenoxy) is 2. The SMILES string of the molecule is COc1ccc(C=C(C=O)C(C)C)c(OC)c1. The van der Waals surface area contributed by atoms with Crippen molar-refractivity contribution in [3.63, 3.8) is 0 Å². The van der Waals surface area contributed by atoms with Crippen molar-refractivity contribution in [3.05, 3.63) is 29.3 Å². The first-order valence-corrected chi connectivity index (χ1v) is 5.51. The number of rotatable bonds is 5. The molecule has 3 heteroatoms. The summed E-state index contributed by atoms with van der Waals surface area (Å²) in [5.41, 5.74) is 1.62. The molecular formula is C14H18O3. The highest BCUT2D eigenvalue weighted by molar-refractivity contribution is 5.83. The molecule has 0 aliphatic heterocycles. The number of hydrogen-bond donors (Lipinski definition) is 0. The van der Waals surface area contributed by atoms with Crippen LogP contribution < -0.4 is 9.47 Å². The molecule has 0 unspecified atom stereocenters. The molecule has 0 bridgehead atoms. The van der Waals surface area contributed by atoms with E-state index < -0.39 is 0 Å². The van der Waals surface area contributed by atoms with Crippen molar-refractivity contribution < 1.29 is 14.3 Å². The van der Waals surface area contributed by atoms with Gasteiger partial charge in [-0.2, -0.15) is 0 Å². The minimum absolute atomic E-state index is 0.194. The van der Waals surface area contributed by atoms with Crippen LogP contribution in [-0.2, 0) is 4.79 Å². The number of carbonyl (C=O) groups is 1. The summed E-state index contributed by atoms with van der Waals surface area (Å²) >= 11 is 0. The first kappa shape index (κ1) is 13.3. The summed E-state index contributed by atoms with van der Waals surface area (Å²) < 4.78 is 10.4. The Kier molecular flexibility index (Phi) is 4.76. The molecule has 0 fully saturated rings. The summed E-state index contributed by atoms with van der Waals surface area (Å²) in [6, 6.07) is 5.52. The Morgan fingerprint density at radius 3 is 2.41 bits per heavy atom. The average Bonchev–Trinajstić information content (AvgIpc) is 2.35. The normalized spacial score (nSPS) is 11.5. The van der Waals surface area contributed by atoms with Gasteiger partial charge in [0.15, 0.2) is 0 Å². The Balaban J connectivity index is 3.17. The number of benzene rings is 1. The molecule has 0 amide bonds. The Morgan fingerprint density at radius 1 is 1.24 bits per heavy atom. The predicted octanol–water partition coefficient (Wildman–Crippen LogP) is 2.94. The summed E-state index contributed by atoms with van der Waals surface area (Å²) in [4.78, 5) is 10.9. The van der Waals surface area contributed by atoms with Gasteiger partial charge in [0.1, 0.15) is 17.8 Å². The van der Waals surface area contributed by atoms with E-state index in [4.69, 9.17) is 9.47 Å². The monoisotopic (exact) mass is 234 g/mol. The van der Waals surface area contributed by atoms with Gasteiger partial charge in [0.2, 0.25) is 0 Å². The molecule has 0 heterocycles. The van der Waals surface area contributed by atoms with Gasteiger partial charge in [-0.1, -0.05) is 13.8 Å². The molecule has 1 aromatic rings. The van der Waals surface area contributed by atoms with Crippen LogP contribution in [0.1, 0.15) is 19.4 Å². The quantitative estimate of drug-likeness (QED) is 0.580. The molecule has 1 aromatic carbocycles. The minimum atomic E-state index is 0.194. The molecular weight excluding hydrogens is 216 g/mol. The summed E-state index contributed by atoms with van der Waals surface area (Å²) in [7, 11) is 3.21. The van der Waals surface area contributed by atoms with Crippen LogP contribution in [-0.4, -0.2) is 20.5 Å². The van der Waals surface area contributed by atoms with Crippen LogP contribution >= 0.6 is 0 Å². The van der Waals surface area contributed by atoms with E-state index >= 15 is 0 Å². The van der Waals surface area contributed by atoms with Crippen molar-refractivity contribution in [1.29, 1.82) is 0 Å². The number of allylic oxidation sites excluding steroid dienone is 1. The predicted molar refractivity (Wildman–Crippen MR) is 68.4 cm³/mol. The van der Waals surface area contributed by atoms with E-state index in [9.17, 15) is 4.79 Å². The van der Waals surface area contributed by atoms with E-state index in [1.54, 1.807) is 20.3 Å². The van der Waals surface area contributed by atoms with Crippen molar-refractivity contribution in [2.24, 2.45) is 5.92 Å². The van der Waals surface area contributed by atoms with Crippen LogP contribution in [0.25, 0.3) is 6.08 Å². The Morgan fingerprint density at radius 2 is 1.94 bits per heavy atom. The number of methoxy groups -OCH3 is 2. The van der Waals surface area contributed by atoms with Crippen molar-refractivity contribution >= 4 is 12.4 Å². The summed E-state index contributed by atoms with van der Waals surface area (Å²) in [5.74, 6) is 1.62. The molecule has 0 saturated carbocycles. The Bertz CT molecular complexity index is 419. The number of hydrogen-bond acceptors (Lipinski definition) is 3. The number of carbonyl (C=O) groups excluding carboxylic acids is 1. The molecule has 3 nitrogen and oxygen atoms in total. The number of aldehydes is 1. The second-order valence-corrected chi connectivity index (χ2v) is 4.02. The largest absolute Gasteiger partial charge is 0.497 e. The van der Waals surface area contributed by atoms with Gasteiger partial charge in [-0.05, 0) is 29.7 Å². The first-order chi connectivity index (χ1) is 8.12. The summed E-state index contributed by atoms with van der Waals surface area (Å²) in [6.07, 6.45) is 2.73. The highest BCUT2D eigenvalue weighted by atomic mass is 16.5. The van der Waals surface area contributed by atoms with Crippen molar-refractivity contribution in [3.8, 4) is 11.5 Å². The molecule has 0 aromatic heterocycles. The van der Waals surface area contributed by atoms with Crippen LogP contribution in [0.2, 0.25) is 0 Å². The van der Waals surface area contributed by atoms with Crippen molar-refractivity contribution in [2.45, 2.75) is 13.8 Å². The lowest BCUT2D eigenvalue weighted by atomic mass is 10.0. The second-order valence-electron chi connectivity index (χ2n) is 4.02. The smallest absolute Gasteiger partial charge is 0.146 e. The third kappa shape index (κ3) is 3.34. The van der Waals surface area contributed by atoms with Gasteiger partial charge in [-0.25, -0.2) is 0 Å². The molecule has 0 atom stereocenters. The van der Waals surface area contributed by atoms with E-state index in [0.29, 0.717) is 5.75 Å². The van der Waals surface area contributed by atoms with Crippen molar-refractivity contribution in [1.82, 2.24) is 0 Å². The van der Waals surface area contributed by atoms with Gasteiger partial charge in [-0.15, -0.1) is 0 Å². The van der Waals surface area contributed by atoms with Gasteiger partial charge in [-0.3, -0.25) is 4.79 Å². The van der Waals surface area contributed by atoms with Gasteiger partial charge < -0.3 is 9.47 Å². The molecule has 0 spiro atoms. The third-order valence-electron chi connectivity index (χ3n) is 2.57. The van der Waals surface area contributed by atoms with Gasteiger partial charge in [0, 0.05) is 11.6 Å². The summed E-state index contributed by atoms with van der Waals surface area (Å²) in [6.45, 7) is 3.96. The van der Waals surface area contributed by atoms with E-state index in [1.165, 1.54) is 0 Å². The lowest BCUT2D eigenvalue weighted by Crippen LogP contribution is -1.96. The van der Waals surface area contributed by atoms with Crippen LogP contribution in [0, 0.1) is 5.92 Å². The average molecular weight is 234 g/mol. The van der Waals surface area contributed by atoms with Gasteiger partial charge in [0.25, 0.3) is 0 Å².